The van der Waals surface area contributed by atoms with Crippen LogP contribution in [0, 0.1) is 0 Å². The van der Waals surface area contributed by atoms with Crippen LogP contribution in [0.4, 0.5) is 0 Å². The molecule has 2 aromatic heterocycles. The minimum Gasteiger partial charge on any atom is -0.493 e. The van der Waals surface area contributed by atoms with Gasteiger partial charge < -0.3 is 9.84 Å². The topological polar surface area (TPSA) is 46.8 Å². The van der Waals surface area contributed by atoms with Crippen LogP contribution in [-0.2, 0) is 13.0 Å². The number of benzene rings is 1. The normalized spacial score (nSPS) is 13.4. The molecule has 1 aliphatic rings. The average Bonchev–Trinajstić information content (AvgIpc) is 3.11. The minimum atomic E-state index is -0.0236. The molecular weight excluding hydrogens is 252 g/mol. The van der Waals surface area contributed by atoms with E-state index in [0.29, 0.717) is 6.61 Å². The number of aliphatic hydroxyl groups excluding tert-OH is 1. The van der Waals surface area contributed by atoms with Gasteiger partial charge in [0.1, 0.15) is 5.75 Å². The summed E-state index contributed by atoms with van der Waals surface area (Å²) < 4.78 is 7.45. The summed E-state index contributed by atoms with van der Waals surface area (Å²) in [6.07, 6.45) is 2.76. The molecule has 1 N–H and O–H groups in total. The quantitative estimate of drug-likeness (QED) is 0.775. The molecule has 0 amide bonds. The molecule has 3 heterocycles. The molecule has 4 heteroatoms. The van der Waals surface area contributed by atoms with Gasteiger partial charge in [-0.15, -0.1) is 0 Å². The maximum atomic E-state index is 9.80. The molecule has 3 aromatic rings. The number of aliphatic hydroxyl groups is 1. The summed E-state index contributed by atoms with van der Waals surface area (Å²) >= 11 is 0. The second-order valence-electron chi connectivity index (χ2n) is 4.90. The van der Waals surface area contributed by atoms with Crippen LogP contribution in [0.25, 0.3) is 16.8 Å². The van der Waals surface area contributed by atoms with Crippen molar-refractivity contribution < 1.29 is 9.84 Å². The number of ether oxygens (including phenoxy) is 1. The largest absolute Gasteiger partial charge is 0.493 e. The highest BCUT2D eigenvalue weighted by atomic mass is 16.5. The van der Waals surface area contributed by atoms with Gasteiger partial charge in [-0.3, -0.25) is 0 Å². The third-order valence-corrected chi connectivity index (χ3v) is 3.77. The lowest BCUT2D eigenvalue weighted by Crippen LogP contribution is -1.92. The number of nitrogens with zero attached hydrogens (tertiary/aromatic N) is 2. The van der Waals surface area contributed by atoms with Gasteiger partial charge in [-0.2, -0.15) is 5.10 Å². The van der Waals surface area contributed by atoms with Crippen molar-refractivity contribution in [1.82, 2.24) is 9.61 Å². The van der Waals surface area contributed by atoms with Gasteiger partial charge in [0.05, 0.1) is 24.4 Å². The van der Waals surface area contributed by atoms with Gasteiger partial charge in [0.2, 0.25) is 0 Å². The number of rotatable bonds is 2. The summed E-state index contributed by atoms with van der Waals surface area (Å²) in [4.78, 5) is 0. The molecule has 0 radical (unpaired) electrons. The zero-order valence-electron chi connectivity index (χ0n) is 10.9. The van der Waals surface area contributed by atoms with Crippen molar-refractivity contribution in [2.45, 2.75) is 13.0 Å². The molecule has 4 rings (SSSR count). The van der Waals surface area contributed by atoms with Crippen LogP contribution in [0.1, 0.15) is 11.1 Å². The zero-order chi connectivity index (χ0) is 13.5. The van der Waals surface area contributed by atoms with E-state index in [4.69, 9.17) is 4.74 Å². The Hall–Kier alpha value is -2.33. The highest BCUT2D eigenvalue weighted by molar-refractivity contribution is 5.77. The SMILES string of the molecule is OCc1c(-c2ccccc2)nn2ccc3c(c12)CCO3. The average molecular weight is 266 g/mol. The van der Waals surface area contributed by atoms with E-state index in [-0.39, 0.29) is 6.61 Å². The highest BCUT2D eigenvalue weighted by Gasteiger charge is 2.22. The lowest BCUT2D eigenvalue weighted by molar-refractivity contribution is 0.284. The van der Waals surface area contributed by atoms with Crippen LogP contribution < -0.4 is 4.74 Å². The van der Waals surface area contributed by atoms with Gasteiger partial charge in [-0.25, -0.2) is 4.52 Å². The van der Waals surface area contributed by atoms with E-state index in [1.807, 2.05) is 47.1 Å². The van der Waals surface area contributed by atoms with Crippen LogP contribution in [0.3, 0.4) is 0 Å². The predicted octanol–water partition coefficient (Wildman–Crippen LogP) is 2.43. The van der Waals surface area contributed by atoms with Gasteiger partial charge in [0.25, 0.3) is 0 Å². The number of fused-ring (bicyclic) bond motifs is 3. The van der Waals surface area contributed by atoms with Gasteiger partial charge in [-0.05, 0) is 6.07 Å². The summed E-state index contributed by atoms with van der Waals surface area (Å²) in [7, 11) is 0. The van der Waals surface area contributed by atoms with Crippen molar-refractivity contribution >= 4 is 5.52 Å². The van der Waals surface area contributed by atoms with E-state index in [2.05, 4.69) is 5.10 Å². The Morgan fingerprint density at radius 2 is 2.05 bits per heavy atom. The standard InChI is InChI=1S/C16H14N2O2/c19-10-13-15(11-4-2-1-3-5-11)17-18-8-6-14-12(16(13)18)7-9-20-14/h1-6,8,19H,7,9-10H2. The van der Waals surface area contributed by atoms with E-state index in [9.17, 15) is 5.11 Å². The minimum absolute atomic E-state index is 0.0236. The Morgan fingerprint density at radius 1 is 1.20 bits per heavy atom. The number of hydrogen-bond acceptors (Lipinski definition) is 3. The van der Waals surface area contributed by atoms with Gasteiger partial charge >= 0.3 is 0 Å². The molecule has 1 aromatic carbocycles. The monoisotopic (exact) mass is 266 g/mol. The fourth-order valence-electron chi connectivity index (χ4n) is 2.87. The first-order valence-electron chi connectivity index (χ1n) is 6.70. The second kappa shape index (κ2) is 4.35. The van der Waals surface area contributed by atoms with Gasteiger partial charge in [0, 0.05) is 29.3 Å². The van der Waals surface area contributed by atoms with Crippen LogP contribution in [0.2, 0.25) is 0 Å². The van der Waals surface area contributed by atoms with Crippen molar-refractivity contribution in [2.24, 2.45) is 0 Å². The summed E-state index contributed by atoms with van der Waals surface area (Å²) in [5.41, 5.74) is 4.87. The maximum absolute atomic E-state index is 9.80. The Labute approximate surface area is 116 Å². The molecule has 0 fully saturated rings. The first kappa shape index (κ1) is 11.5. The van der Waals surface area contributed by atoms with E-state index in [1.54, 1.807) is 0 Å². The Kier molecular flexibility index (Phi) is 2.50. The fourth-order valence-corrected chi connectivity index (χ4v) is 2.87. The summed E-state index contributed by atoms with van der Waals surface area (Å²) in [5.74, 6) is 0.909. The molecule has 20 heavy (non-hydrogen) atoms. The van der Waals surface area contributed by atoms with E-state index >= 15 is 0 Å². The molecule has 0 bridgehead atoms. The van der Waals surface area contributed by atoms with E-state index in [0.717, 1.165) is 40.1 Å². The molecule has 1 aliphatic heterocycles. The molecule has 0 aliphatic carbocycles. The van der Waals surface area contributed by atoms with Crippen LogP contribution >= 0.6 is 0 Å². The van der Waals surface area contributed by atoms with Gasteiger partial charge in [0.15, 0.2) is 0 Å². The fraction of sp³-hybridized carbons (Fsp3) is 0.188. The zero-order valence-corrected chi connectivity index (χ0v) is 10.9. The molecule has 100 valence electrons. The lowest BCUT2D eigenvalue weighted by atomic mass is 10.0. The Balaban J connectivity index is 2.04. The predicted molar refractivity (Wildman–Crippen MR) is 75.7 cm³/mol. The third-order valence-electron chi connectivity index (χ3n) is 3.77. The van der Waals surface area contributed by atoms with Crippen molar-refractivity contribution in [3.05, 3.63) is 53.7 Å². The summed E-state index contributed by atoms with van der Waals surface area (Å²) in [6, 6.07) is 11.9. The van der Waals surface area contributed by atoms with Crippen molar-refractivity contribution in [3.8, 4) is 17.0 Å². The highest BCUT2D eigenvalue weighted by Crippen LogP contribution is 2.34. The lowest BCUT2D eigenvalue weighted by Gasteiger charge is -2.02. The third kappa shape index (κ3) is 1.55. The van der Waals surface area contributed by atoms with Crippen LogP contribution in [0.5, 0.6) is 5.75 Å². The van der Waals surface area contributed by atoms with Crippen LogP contribution in [-0.4, -0.2) is 21.3 Å². The summed E-state index contributed by atoms with van der Waals surface area (Å²) in [5, 5.41) is 14.4. The van der Waals surface area contributed by atoms with Crippen molar-refractivity contribution in [3.63, 3.8) is 0 Å². The smallest absolute Gasteiger partial charge is 0.126 e. The first-order chi connectivity index (χ1) is 9.88. The molecule has 4 nitrogen and oxygen atoms in total. The number of pyridine rings is 1. The number of aromatic nitrogens is 2. The van der Waals surface area contributed by atoms with Crippen LogP contribution in [0.15, 0.2) is 42.6 Å². The van der Waals surface area contributed by atoms with Crippen molar-refractivity contribution in [2.75, 3.05) is 6.61 Å². The van der Waals surface area contributed by atoms with Crippen molar-refractivity contribution in [1.29, 1.82) is 0 Å². The van der Waals surface area contributed by atoms with E-state index < -0.39 is 0 Å². The molecule has 0 unspecified atom stereocenters. The van der Waals surface area contributed by atoms with Gasteiger partial charge in [-0.1, -0.05) is 30.3 Å². The Morgan fingerprint density at radius 3 is 2.85 bits per heavy atom. The molecular formula is C16H14N2O2. The molecule has 0 saturated carbocycles. The number of hydrogen-bond donors (Lipinski definition) is 1. The first-order valence-corrected chi connectivity index (χ1v) is 6.70. The summed E-state index contributed by atoms with van der Waals surface area (Å²) in [6.45, 7) is 0.676. The molecule has 0 atom stereocenters. The Bertz CT molecular complexity index is 778. The maximum Gasteiger partial charge on any atom is 0.126 e. The second-order valence-corrected chi connectivity index (χ2v) is 4.90. The van der Waals surface area contributed by atoms with E-state index in [1.165, 1.54) is 0 Å². The molecule has 0 spiro atoms. The molecule has 0 saturated heterocycles.